The third kappa shape index (κ3) is 1.78. The van der Waals surface area contributed by atoms with Crippen molar-refractivity contribution in [2.75, 3.05) is 5.33 Å². The molecule has 0 aromatic heterocycles. The van der Waals surface area contributed by atoms with Crippen LogP contribution in [0, 0.1) is 17.3 Å². The predicted molar refractivity (Wildman–Crippen MR) is 64.7 cm³/mol. The zero-order valence-corrected chi connectivity index (χ0v) is 11.7. The highest BCUT2D eigenvalue weighted by Gasteiger charge is 2.60. The third-order valence-corrected chi connectivity index (χ3v) is 5.34. The number of carbonyl (C=O) groups is 2. The largest absolute Gasteiger partial charge is 0.550 e. The summed E-state index contributed by atoms with van der Waals surface area (Å²) in [6.07, 6.45) is 4.62. The highest BCUT2D eigenvalue weighted by Crippen LogP contribution is 2.62. The predicted octanol–water partition coefficient (Wildman–Crippen LogP) is 1.01. The summed E-state index contributed by atoms with van der Waals surface area (Å²) in [6.45, 7) is 0. The van der Waals surface area contributed by atoms with Gasteiger partial charge in [0.1, 0.15) is 10.9 Å². The molecule has 2 unspecified atom stereocenters. The average molecular weight is 316 g/mol. The van der Waals surface area contributed by atoms with E-state index in [1.807, 2.05) is 0 Å². The Kier molecular flexibility index (Phi) is 2.74. The zero-order valence-electron chi connectivity index (χ0n) is 10.1. The number of carboxylic acids is 1. The molecule has 0 spiro atoms. The lowest BCUT2D eigenvalue weighted by atomic mass is 9.48. The van der Waals surface area contributed by atoms with Crippen molar-refractivity contribution in [2.24, 2.45) is 17.3 Å². The van der Waals surface area contributed by atoms with Crippen LogP contribution in [0.15, 0.2) is 0 Å². The van der Waals surface area contributed by atoms with E-state index in [0.29, 0.717) is 31.1 Å². The standard InChI is InChI=1S/C13H17BrO4/c14-6-10(15)18-13-4-8-1-9(5-13)3-12(2-8,7-13)11(16)17/h8-9H,1-7H2,(H,16,17)/p-1. The van der Waals surface area contributed by atoms with E-state index >= 15 is 0 Å². The molecule has 4 saturated carbocycles. The molecule has 0 aromatic carbocycles. The molecule has 0 N–H and O–H groups in total. The van der Waals surface area contributed by atoms with Crippen LogP contribution < -0.4 is 5.11 Å². The van der Waals surface area contributed by atoms with Crippen molar-refractivity contribution >= 4 is 27.9 Å². The van der Waals surface area contributed by atoms with Crippen LogP contribution in [0.5, 0.6) is 0 Å². The Balaban J connectivity index is 1.89. The molecular weight excluding hydrogens is 300 g/mol. The van der Waals surface area contributed by atoms with Crippen LogP contribution in [0.25, 0.3) is 0 Å². The molecule has 0 heterocycles. The van der Waals surface area contributed by atoms with Gasteiger partial charge in [-0.05, 0) is 50.4 Å². The number of hydrogen-bond donors (Lipinski definition) is 0. The fourth-order valence-electron chi connectivity index (χ4n) is 4.81. The zero-order chi connectivity index (χ0) is 13.0. The molecule has 0 aromatic rings. The van der Waals surface area contributed by atoms with Gasteiger partial charge in [-0.1, -0.05) is 15.9 Å². The van der Waals surface area contributed by atoms with E-state index in [9.17, 15) is 14.7 Å². The molecule has 4 nitrogen and oxygen atoms in total. The highest BCUT2D eigenvalue weighted by molar-refractivity contribution is 9.09. The van der Waals surface area contributed by atoms with E-state index in [0.717, 1.165) is 19.3 Å². The molecule has 0 radical (unpaired) electrons. The van der Waals surface area contributed by atoms with Crippen LogP contribution in [0.4, 0.5) is 0 Å². The average Bonchev–Trinajstić information content (AvgIpc) is 2.26. The van der Waals surface area contributed by atoms with Crippen molar-refractivity contribution in [3.8, 4) is 0 Å². The Labute approximate surface area is 114 Å². The molecule has 0 amide bonds. The summed E-state index contributed by atoms with van der Waals surface area (Å²) in [5.41, 5.74) is -1.27. The van der Waals surface area contributed by atoms with Gasteiger partial charge in [0.05, 0.1) is 0 Å². The van der Waals surface area contributed by atoms with Gasteiger partial charge in [-0.15, -0.1) is 0 Å². The molecule has 100 valence electrons. The van der Waals surface area contributed by atoms with E-state index in [4.69, 9.17) is 4.74 Å². The Morgan fingerprint density at radius 3 is 2.33 bits per heavy atom. The van der Waals surface area contributed by atoms with Crippen LogP contribution in [0.2, 0.25) is 0 Å². The third-order valence-electron chi connectivity index (χ3n) is 4.88. The Hall–Kier alpha value is -0.580. The van der Waals surface area contributed by atoms with Crippen LogP contribution in [-0.4, -0.2) is 22.9 Å². The second-order valence-corrected chi connectivity index (χ2v) is 6.88. The molecule has 4 aliphatic carbocycles. The number of alkyl halides is 1. The topological polar surface area (TPSA) is 66.4 Å². The van der Waals surface area contributed by atoms with Crippen molar-refractivity contribution in [2.45, 2.75) is 44.1 Å². The van der Waals surface area contributed by atoms with Crippen molar-refractivity contribution in [1.82, 2.24) is 0 Å². The van der Waals surface area contributed by atoms with Gasteiger partial charge >= 0.3 is 5.97 Å². The van der Waals surface area contributed by atoms with Gasteiger partial charge in [0.2, 0.25) is 0 Å². The maximum Gasteiger partial charge on any atom is 0.317 e. The first kappa shape index (κ1) is 12.5. The smallest absolute Gasteiger partial charge is 0.317 e. The lowest BCUT2D eigenvalue weighted by Crippen LogP contribution is -2.62. The lowest BCUT2D eigenvalue weighted by molar-refractivity contribution is -0.331. The van der Waals surface area contributed by atoms with Crippen LogP contribution in [-0.2, 0) is 14.3 Å². The summed E-state index contributed by atoms with van der Waals surface area (Å²) in [4.78, 5) is 23.0. The molecule has 4 bridgehead atoms. The number of carboxylic acid groups (broad SMARTS) is 1. The van der Waals surface area contributed by atoms with E-state index in [1.165, 1.54) is 0 Å². The Morgan fingerprint density at radius 1 is 1.22 bits per heavy atom. The van der Waals surface area contributed by atoms with E-state index in [-0.39, 0.29) is 11.3 Å². The summed E-state index contributed by atoms with van der Waals surface area (Å²) < 4.78 is 5.60. The number of hydrogen-bond acceptors (Lipinski definition) is 4. The van der Waals surface area contributed by atoms with Gasteiger partial charge in [-0.3, -0.25) is 4.79 Å². The number of rotatable bonds is 3. The summed E-state index contributed by atoms with van der Waals surface area (Å²) in [5, 5.41) is 11.7. The Morgan fingerprint density at radius 2 is 1.83 bits per heavy atom. The monoisotopic (exact) mass is 315 g/mol. The normalized spacial score (nSPS) is 44.9. The first-order chi connectivity index (χ1) is 8.47. The first-order valence-electron chi connectivity index (χ1n) is 6.46. The fraction of sp³-hybridized carbons (Fsp3) is 0.846. The molecule has 4 aliphatic rings. The first-order valence-corrected chi connectivity index (χ1v) is 7.58. The second kappa shape index (κ2) is 3.95. The molecular formula is C13H16BrO4-. The lowest BCUT2D eigenvalue weighted by Gasteiger charge is -2.61. The van der Waals surface area contributed by atoms with Crippen LogP contribution in [0.1, 0.15) is 38.5 Å². The van der Waals surface area contributed by atoms with Crippen molar-refractivity contribution in [1.29, 1.82) is 0 Å². The maximum atomic E-state index is 11.5. The van der Waals surface area contributed by atoms with Crippen molar-refractivity contribution < 1.29 is 19.4 Å². The number of esters is 1. The summed E-state index contributed by atoms with van der Waals surface area (Å²) in [6, 6.07) is 0. The van der Waals surface area contributed by atoms with E-state index < -0.39 is 17.0 Å². The van der Waals surface area contributed by atoms with Crippen LogP contribution >= 0.6 is 15.9 Å². The minimum Gasteiger partial charge on any atom is -0.550 e. The number of ether oxygens (including phenoxy) is 1. The molecule has 5 heteroatoms. The summed E-state index contributed by atoms with van der Waals surface area (Å²) >= 11 is 3.09. The number of aliphatic carboxylic acids is 1. The van der Waals surface area contributed by atoms with Gasteiger partial charge < -0.3 is 14.6 Å². The molecule has 18 heavy (non-hydrogen) atoms. The van der Waals surface area contributed by atoms with Gasteiger partial charge in [0, 0.05) is 11.4 Å². The van der Waals surface area contributed by atoms with Gasteiger partial charge in [-0.2, -0.15) is 0 Å². The maximum absolute atomic E-state index is 11.5. The van der Waals surface area contributed by atoms with Crippen molar-refractivity contribution in [3.05, 3.63) is 0 Å². The molecule has 0 aliphatic heterocycles. The number of carbonyl (C=O) groups excluding carboxylic acids is 2. The SMILES string of the molecule is O=C(CBr)OC12CC3CC(C1)CC(C(=O)[O-])(C3)C2. The second-order valence-electron chi connectivity index (χ2n) is 6.32. The Bertz CT molecular complexity index is 392. The minimum absolute atomic E-state index is 0.169. The van der Waals surface area contributed by atoms with Gasteiger partial charge in [-0.25, -0.2) is 0 Å². The molecule has 0 saturated heterocycles. The van der Waals surface area contributed by atoms with Gasteiger partial charge in [0.15, 0.2) is 0 Å². The highest BCUT2D eigenvalue weighted by atomic mass is 79.9. The summed E-state index contributed by atoms with van der Waals surface area (Å²) in [5.74, 6) is -0.471. The number of halogens is 1. The van der Waals surface area contributed by atoms with Crippen molar-refractivity contribution in [3.63, 3.8) is 0 Å². The molecule has 4 rings (SSSR count). The molecule has 4 fully saturated rings. The minimum atomic E-state index is -0.948. The quantitative estimate of drug-likeness (QED) is 0.576. The fourth-order valence-corrected chi connectivity index (χ4v) is 4.92. The van der Waals surface area contributed by atoms with Crippen LogP contribution in [0.3, 0.4) is 0 Å². The summed E-state index contributed by atoms with van der Waals surface area (Å²) in [7, 11) is 0. The van der Waals surface area contributed by atoms with Gasteiger partial charge in [0.25, 0.3) is 0 Å². The van der Waals surface area contributed by atoms with E-state index in [1.54, 1.807) is 0 Å². The molecule has 2 atom stereocenters. The van der Waals surface area contributed by atoms with E-state index in [2.05, 4.69) is 15.9 Å².